The summed E-state index contributed by atoms with van der Waals surface area (Å²) in [5.41, 5.74) is 3.20. The largest absolute Gasteiger partial charge is 0.493 e. The Labute approximate surface area is 533 Å². The first-order chi connectivity index (χ1) is 44.0. The second-order valence-corrected chi connectivity index (χ2v) is 27.4. The lowest BCUT2D eigenvalue weighted by atomic mass is 10.1. The molecule has 1 saturated heterocycles. The second-order valence-electron chi connectivity index (χ2n) is 22.7. The molecule has 33 heteroatoms. The van der Waals surface area contributed by atoms with Gasteiger partial charge in [-0.25, -0.2) is 0 Å². The van der Waals surface area contributed by atoms with E-state index in [9.17, 15) is 77.3 Å². The van der Waals surface area contributed by atoms with E-state index in [1.807, 2.05) is 0 Å². The van der Waals surface area contributed by atoms with Crippen molar-refractivity contribution in [1.29, 1.82) is 0 Å². The maximum atomic E-state index is 14.4. The van der Waals surface area contributed by atoms with Crippen LogP contribution in [0.1, 0.15) is 88.9 Å². The van der Waals surface area contributed by atoms with E-state index in [0.717, 1.165) is 0 Å². The van der Waals surface area contributed by atoms with Crippen molar-refractivity contribution in [3.05, 3.63) is 124 Å². The van der Waals surface area contributed by atoms with Crippen LogP contribution in [0.25, 0.3) is 0 Å². The van der Waals surface area contributed by atoms with Crippen LogP contribution in [-0.2, 0) is 85.2 Å². The van der Waals surface area contributed by atoms with Crippen molar-refractivity contribution in [1.82, 2.24) is 20.9 Å². The minimum atomic E-state index is -4.85. The zero-order valence-electron chi connectivity index (χ0n) is 50.2. The molecule has 0 bridgehead atoms. The normalized spacial score (nSPS) is 19.6. The molecule has 7 atom stereocenters. The van der Waals surface area contributed by atoms with Gasteiger partial charge < -0.3 is 60.6 Å². The first-order valence-electron chi connectivity index (χ1n) is 29.1. The Bertz CT molecular complexity index is 4060. The van der Waals surface area contributed by atoms with Gasteiger partial charge in [-0.05, 0) is 104 Å². The van der Waals surface area contributed by atoms with Gasteiger partial charge in [0.2, 0.25) is 29.5 Å². The number of imide groups is 1. The summed E-state index contributed by atoms with van der Waals surface area (Å²) >= 11 is 0. The lowest BCUT2D eigenvalue weighted by Gasteiger charge is -2.27. The number of anilines is 5. The summed E-state index contributed by atoms with van der Waals surface area (Å²) in [5.74, 6) is -5.43. The lowest BCUT2D eigenvalue weighted by Crippen LogP contribution is -2.50. The van der Waals surface area contributed by atoms with Gasteiger partial charge in [-0.3, -0.25) is 56.9 Å². The summed E-state index contributed by atoms with van der Waals surface area (Å²) in [5, 5.41) is 10.8. The Morgan fingerprint density at radius 3 is 1.53 bits per heavy atom. The molecule has 9 N–H and O–H groups in total. The third-order valence-electron chi connectivity index (χ3n) is 16.4. The monoisotopic (exact) mass is 1340 g/mol. The number of nitrogens with zero attached hydrogens (tertiary/aromatic N) is 3. The van der Waals surface area contributed by atoms with Gasteiger partial charge in [-0.1, -0.05) is 36.4 Å². The highest BCUT2D eigenvalue weighted by Gasteiger charge is 2.50. The number of fused-ring (bicyclic) bond motifs is 8. The molecule has 0 aromatic heterocycles. The minimum absolute atomic E-state index is 0.000303. The number of nitrogens with one attached hydrogen (secondary N) is 6. The van der Waals surface area contributed by atoms with Crippen LogP contribution in [0.2, 0.25) is 0 Å². The first-order valence-corrected chi connectivity index (χ1v) is 33.6. The first kappa shape index (κ1) is 66.5. The number of amides is 8. The van der Waals surface area contributed by atoms with E-state index in [4.69, 9.17) is 18.9 Å². The molecule has 5 aromatic carbocycles. The Balaban J connectivity index is 0.833. The molecule has 0 aliphatic carbocycles. The molecule has 5 aliphatic rings. The molecule has 10 rings (SSSR count). The fourth-order valence-corrected chi connectivity index (χ4v) is 14.4. The van der Waals surface area contributed by atoms with Crippen molar-refractivity contribution < 1.29 is 96.2 Å². The number of methoxy groups -OCH3 is 2. The minimum Gasteiger partial charge on any atom is -0.493 e. The number of likely N-dealkylation sites (tertiary alicyclic amines) is 1. The molecule has 5 heterocycles. The fourth-order valence-electron chi connectivity index (χ4n) is 11.8. The molecule has 5 aromatic rings. The maximum absolute atomic E-state index is 14.4. The molecule has 8 amide bonds. The van der Waals surface area contributed by atoms with Gasteiger partial charge in [-0.2, -0.15) is 25.3 Å². The Morgan fingerprint density at radius 1 is 0.591 bits per heavy atom. The average Bonchev–Trinajstić information content (AvgIpc) is 1.60. The predicted octanol–water partition coefficient (Wildman–Crippen LogP) is 2.92. The van der Waals surface area contributed by atoms with Gasteiger partial charge in [0.1, 0.15) is 25.3 Å². The third kappa shape index (κ3) is 14.3. The van der Waals surface area contributed by atoms with Gasteiger partial charge >= 0.3 is 0 Å². The highest BCUT2D eigenvalue weighted by atomic mass is 32.2. The van der Waals surface area contributed by atoms with E-state index in [-0.39, 0.29) is 116 Å². The number of para-hydroxylation sites is 2. The van der Waals surface area contributed by atoms with E-state index in [2.05, 4.69) is 31.9 Å². The van der Waals surface area contributed by atoms with Crippen LogP contribution in [0, 0.1) is 0 Å². The van der Waals surface area contributed by atoms with Crippen molar-refractivity contribution in [2.24, 2.45) is 0 Å². The van der Waals surface area contributed by atoms with Crippen LogP contribution in [-0.4, -0.2) is 159 Å². The highest BCUT2D eigenvalue weighted by molar-refractivity contribution is 7.87. The topological polar surface area (TPSA) is 418 Å². The molecule has 93 heavy (non-hydrogen) atoms. The molecule has 4 unspecified atom stereocenters. The summed E-state index contributed by atoms with van der Waals surface area (Å²) in [7, 11) is -11.8. The maximum Gasteiger partial charge on any atom is 0.288 e. The van der Waals surface area contributed by atoms with E-state index in [1.54, 1.807) is 54.6 Å². The van der Waals surface area contributed by atoms with E-state index >= 15 is 0 Å². The van der Waals surface area contributed by atoms with Crippen molar-refractivity contribution in [3.8, 4) is 23.0 Å². The van der Waals surface area contributed by atoms with Crippen molar-refractivity contribution in [2.75, 3.05) is 53.1 Å². The van der Waals surface area contributed by atoms with Crippen molar-refractivity contribution >= 4 is 106 Å². The van der Waals surface area contributed by atoms with Gasteiger partial charge in [0.25, 0.3) is 48.1 Å². The van der Waals surface area contributed by atoms with Gasteiger partial charge in [0.05, 0.1) is 55.2 Å². The molecular weight excluding hydrogens is 1280 g/mol. The molecule has 494 valence electrons. The van der Waals surface area contributed by atoms with E-state index < -0.39 is 124 Å². The number of ether oxygens (including phenoxy) is 4. The zero-order chi connectivity index (χ0) is 67.0. The summed E-state index contributed by atoms with van der Waals surface area (Å²) in [6, 6.07) is 19.5. The third-order valence-corrected chi connectivity index (χ3v) is 19.6. The Kier molecular flexibility index (Phi) is 19.1. The Hall–Kier alpha value is -9.41. The Morgan fingerprint density at radius 2 is 1.06 bits per heavy atom. The molecular formula is C60H65N9O21S3. The van der Waals surface area contributed by atoms with E-state index in [0.29, 0.717) is 38.5 Å². The zero-order valence-corrected chi connectivity index (χ0v) is 52.7. The van der Waals surface area contributed by atoms with Crippen LogP contribution >= 0.6 is 0 Å². The number of rotatable bonds is 24. The molecule has 30 nitrogen and oxygen atoms in total. The van der Waals surface area contributed by atoms with Gasteiger partial charge in [-0.15, -0.1) is 0 Å². The van der Waals surface area contributed by atoms with Crippen molar-refractivity contribution in [3.63, 3.8) is 0 Å². The number of carbonyl (C=O) groups excluding carboxylic acids is 8. The SMILES string of the molecule is COc1cc2c(cc1OCc1cc(COc3cc4c(cc3OC)C(=O)N3c5ccccc5CC3[C@@H](S(=O)(=O)O)N4)cc(NC(=O)[C@H](C)NC(=O)[C@H](C)NC(=O)CCCCC(=O)NCCN3C(=O)CC(S(=O)(=O)O)C3=O)c1)NC(S(=O)(=O)O)C1Cc3ccccc3N1C2=O. The highest BCUT2D eigenvalue weighted by Crippen LogP contribution is 2.45. The molecule has 0 saturated carbocycles. The lowest BCUT2D eigenvalue weighted by molar-refractivity contribution is -0.138. The number of hydrogen-bond acceptors (Lipinski definition) is 20. The van der Waals surface area contributed by atoms with E-state index in [1.165, 1.54) is 74.3 Å². The number of benzene rings is 5. The van der Waals surface area contributed by atoms with Crippen LogP contribution in [0.15, 0.2) is 91.0 Å². The number of carbonyl (C=O) groups is 8. The van der Waals surface area contributed by atoms with Gasteiger partial charge in [0.15, 0.2) is 39.0 Å². The van der Waals surface area contributed by atoms with Crippen LogP contribution in [0.4, 0.5) is 28.4 Å². The van der Waals surface area contributed by atoms with Crippen molar-refractivity contribution in [2.45, 2.75) is 112 Å². The van der Waals surface area contributed by atoms with Crippen LogP contribution < -0.4 is 60.6 Å². The standard InChI is InChI=1S/C60H65N9O21S3/c1-31(62-52(71)16-10-9-15-51(70)61-17-18-67-53(72)28-50(60(67)77)91(78,79)80)54(73)63-32(2)55(74)64-37-20-33(29-89-48-26-40-38(24-46(48)87-3)58(75)68-42-13-7-5-11-35(42)22-44(68)56(65-40)92(81,82)83)19-34(21-37)30-90-49-27-41-39(25-47(49)88-4)59(76)69-43-14-8-6-12-36(43)23-45(69)57(66-41)93(84,85)86/h5-8,11-14,19-21,24-27,31-32,44-45,50,56-57,65-66H,9-10,15-18,22-23,28-30H2,1-4H3,(H,61,70)(H,62,71)(H,63,73)(H,64,74)(H,78,79,80)(H,81,82,83)(H,84,85,86)/t31-,32-,44?,45?,50?,56+,57?/m0/s1. The quantitative estimate of drug-likeness (QED) is 0.0244. The van der Waals surface area contributed by atoms with Gasteiger partial charge in [0, 0.05) is 55.1 Å². The second kappa shape index (κ2) is 26.7. The summed E-state index contributed by atoms with van der Waals surface area (Å²) < 4.78 is 129. The smallest absolute Gasteiger partial charge is 0.288 e. The van der Waals surface area contributed by atoms with Crippen LogP contribution in [0.5, 0.6) is 23.0 Å². The summed E-state index contributed by atoms with van der Waals surface area (Å²) in [6.45, 7) is 1.67. The predicted molar refractivity (Wildman–Crippen MR) is 332 cm³/mol. The fraction of sp³-hybridized carbons (Fsp3) is 0.367. The number of hydrogen-bond donors (Lipinski definition) is 9. The summed E-state index contributed by atoms with van der Waals surface area (Å²) in [6.07, 6.45) is -0.211. The molecule has 1 fully saturated rings. The molecule has 0 spiro atoms. The van der Waals surface area contributed by atoms with Crippen LogP contribution in [0.3, 0.4) is 0 Å². The average molecular weight is 1340 g/mol. The number of unbranched alkanes of at least 4 members (excludes halogenated alkanes) is 1. The molecule has 5 aliphatic heterocycles. The molecule has 0 radical (unpaired) electrons. The summed E-state index contributed by atoms with van der Waals surface area (Å²) in [4.78, 5) is 109.